The Balaban J connectivity index is 2.15. The predicted octanol–water partition coefficient (Wildman–Crippen LogP) is 4.84. The number of hydrogen-bond acceptors (Lipinski definition) is 3. The van der Waals surface area contributed by atoms with Gasteiger partial charge in [0.25, 0.3) is 0 Å². The average Bonchev–Trinajstić information content (AvgIpc) is 2.56. The highest BCUT2D eigenvalue weighted by Gasteiger charge is 2.13. The number of rotatable bonds is 6. The molecule has 2 aromatic rings. The molecule has 1 amide bonds. The van der Waals surface area contributed by atoms with Crippen molar-refractivity contribution in [2.45, 2.75) is 33.8 Å². The van der Waals surface area contributed by atoms with Gasteiger partial charge in [-0.2, -0.15) is 0 Å². The van der Waals surface area contributed by atoms with E-state index >= 15 is 0 Å². The van der Waals surface area contributed by atoms with E-state index in [2.05, 4.69) is 18.3 Å². The summed E-state index contributed by atoms with van der Waals surface area (Å²) in [6.07, 6.45) is 0.269. The fourth-order valence-corrected chi connectivity index (χ4v) is 2.35. The van der Waals surface area contributed by atoms with Gasteiger partial charge in [-0.25, -0.2) is 9.18 Å². The van der Waals surface area contributed by atoms with Crippen molar-refractivity contribution in [1.29, 1.82) is 0 Å². The molecule has 0 saturated carbocycles. The maximum atomic E-state index is 14.0. The van der Waals surface area contributed by atoms with E-state index in [4.69, 9.17) is 9.47 Å². The third-order valence-corrected chi connectivity index (χ3v) is 3.63. The Bertz CT molecular complexity index is 716. The van der Waals surface area contributed by atoms with Gasteiger partial charge in [0.1, 0.15) is 18.2 Å². The Morgan fingerprint density at radius 3 is 2.67 bits per heavy atom. The van der Waals surface area contributed by atoms with Gasteiger partial charge in [-0.05, 0) is 43.5 Å². The molecule has 0 heterocycles. The van der Waals surface area contributed by atoms with Gasteiger partial charge in [-0.1, -0.05) is 31.2 Å². The number of nitrogens with one attached hydrogen (secondary N) is 1. The van der Waals surface area contributed by atoms with Crippen LogP contribution in [0.2, 0.25) is 0 Å². The second kappa shape index (κ2) is 8.34. The van der Waals surface area contributed by atoms with Crippen molar-refractivity contribution < 1.29 is 18.7 Å². The summed E-state index contributed by atoms with van der Waals surface area (Å²) in [7, 11) is 0. The molecule has 0 aliphatic carbocycles. The zero-order chi connectivity index (χ0) is 17.5. The Morgan fingerprint density at radius 1 is 1.21 bits per heavy atom. The molecule has 0 bridgehead atoms. The zero-order valence-electron chi connectivity index (χ0n) is 14.2. The van der Waals surface area contributed by atoms with Gasteiger partial charge in [0, 0.05) is 5.56 Å². The topological polar surface area (TPSA) is 47.6 Å². The van der Waals surface area contributed by atoms with E-state index in [9.17, 15) is 9.18 Å². The molecule has 0 unspecified atom stereocenters. The molecule has 0 fully saturated rings. The number of benzene rings is 2. The van der Waals surface area contributed by atoms with E-state index in [1.807, 2.05) is 19.1 Å². The molecule has 5 heteroatoms. The van der Waals surface area contributed by atoms with Crippen LogP contribution < -0.4 is 10.1 Å². The van der Waals surface area contributed by atoms with E-state index < -0.39 is 11.9 Å². The molecule has 128 valence electrons. The van der Waals surface area contributed by atoms with Gasteiger partial charge >= 0.3 is 6.09 Å². The SMILES string of the molecule is CCOC(=O)Nc1c(F)cccc1COc1ccc(CC)cc1C. The van der Waals surface area contributed by atoms with Gasteiger partial charge in [-0.15, -0.1) is 0 Å². The van der Waals surface area contributed by atoms with Crippen molar-refractivity contribution >= 4 is 11.8 Å². The van der Waals surface area contributed by atoms with Crippen LogP contribution in [0.5, 0.6) is 5.75 Å². The summed E-state index contributed by atoms with van der Waals surface area (Å²) in [5.41, 5.74) is 2.88. The van der Waals surface area contributed by atoms with E-state index in [1.165, 1.54) is 11.6 Å². The first-order valence-electron chi connectivity index (χ1n) is 7.98. The Hall–Kier alpha value is -2.56. The maximum Gasteiger partial charge on any atom is 0.411 e. The summed E-state index contributed by atoms with van der Waals surface area (Å²) >= 11 is 0. The van der Waals surface area contributed by atoms with Crippen LogP contribution in [0, 0.1) is 12.7 Å². The average molecular weight is 331 g/mol. The minimum absolute atomic E-state index is 0.0822. The summed E-state index contributed by atoms with van der Waals surface area (Å²) < 4.78 is 24.6. The highest BCUT2D eigenvalue weighted by atomic mass is 19.1. The number of amides is 1. The van der Waals surface area contributed by atoms with Crippen LogP contribution in [-0.2, 0) is 17.8 Å². The predicted molar refractivity (Wildman–Crippen MR) is 91.9 cm³/mol. The number of carbonyl (C=O) groups is 1. The van der Waals surface area contributed by atoms with Crippen LogP contribution in [-0.4, -0.2) is 12.7 Å². The highest BCUT2D eigenvalue weighted by molar-refractivity contribution is 5.85. The normalized spacial score (nSPS) is 10.3. The Morgan fingerprint density at radius 2 is 2.00 bits per heavy atom. The Kier molecular flexibility index (Phi) is 6.18. The van der Waals surface area contributed by atoms with Crippen molar-refractivity contribution in [2.24, 2.45) is 0 Å². The lowest BCUT2D eigenvalue weighted by atomic mass is 10.1. The molecule has 0 aliphatic rings. The molecule has 2 rings (SSSR count). The minimum atomic E-state index is -0.688. The lowest BCUT2D eigenvalue weighted by Crippen LogP contribution is -2.16. The molecule has 0 spiro atoms. The summed E-state index contributed by atoms with van der Waals surface area (Å²) in [6.45, 7) is 6.11. The van der Waals surface area contributed by atoms with Crippen LogP contribution in [0.15, 0.2) is 36.4 Å². The fourth-order valence-electron chi connectivity index (χ4n) is 2.35. The minimum Gasteiger partial charge on any atom is -0.489 e. The van der Waals surface area contributed by atoms with E-state index in [0.717, 1.165) is 17.7 Å². The second-order valence-electron chi connectivity index (χ2n) is 5.36. The number of ether oxygens (including phenoxy) is 2. The van der Waals surface area contributed by atoms with Crippen molar-refractivity contribution in [2.75, 3.05) is 11.9 Å². The van der Waals surface area contributed by atoms with Gasteiger partial charge in [-0.3, -0.25) is 5.32 Å². The van der Waals surface area contributed by atoms with E-state index in [1.54, 1.807) is 19.1 Å². The largest absolute Gasteiger partial charge is 0.489 e. The number of halogens is 1. The zero-order valence-corrected chi connectivity index (χ0v) is 14.2. The molecule has 2 aromatic carbocycles. The van der Waals surface area contributed by atoms with Crippen LogP contribution in [0.3, 0.4) is 0 Å². The van der Waals surface area contributed by atoms with Gasteiger partial charge in [0.05, 0.1) is 12.3 Å². The summed E-state index contributed by atoms with van der Waals surface area (Å²) in [6, 6.07) is 10.6. The number of carbonyl (C=O) groups excluding carboxylic acids is 1. The molecule has 1 N–H and O–H groups in total. The first-order valence-corrected chi connectivity index (χ1v) is 7.98. The molecule has 4 nitrogen and oxygen atoms in total. The fraction of sp³-hybridized carbons (Fsp3) is 0.316. The highest BCUT2D eigenvalue weighted by Crippen LogP contribution is 2.24. The molecule has 24 heavy (non-hydrogen) atoms. The first kappa shape index (κ1) is 17.8. The van der Waals surface area contributed by atoms with Crippen LogP contribution in [0.1, 0.15) is 30.5 Å². The number of anilines is 1. The quantitative estimate of drug-likeness (QED) is 0.823. The third kappa shape index (κ3) is 4.47. The second-order valence-corrected chi connectivity index (χ2v) is 5.36. The molecular weight excluding hydrogens is 309 g/mol. The third-order valence-electron chi connectivity index (χ3n) is 3.63. The van der Waals surface area contributed by atoms with Crippen molar-refractivity contribution in [1.82, 2.24) is 0 Å². The summed E-state index contributed by atoms with van der Waals surface area (Å²) in [5.74, 6) is 0.209. The van der Waals surface area contributed by atoms with E-state index in [-0.39, 0.29) is 18.9 Å². The van der Waals surface area contributed by atoms with Gasteiger partial charge in [0.2, 0.25) is 0 Å². The maximum absolute atomic E-state index is 14.0. The van der Waals surface area contributed by atoms with Crippen LogP contribution >= 0.6 is 0 Å². The first-order chi connectivity index (χ1) is 11.5. The smallest absolute Gasteiger partial charge is 0.411 e. The number of para-hydroxylation sites is 1. The summed E-state index contributed by atoms with van der Waals surface area (Å²) in [5, 5.41) is 2.43. The molecule has 0 aromatic heterocycles. The standard InChI is InChI=1S/C19H22FNO3/c1-4-14-9-10-17(13(3)11-14)24-12-15-7-6-8-16(20)18(15)21-19(22)23-5-2/h6-11H,4-5,12H2,1-3H3,(H,21,22). The lowest BCUT2D eigenvalue weighted by molar-refractivity contribution is 0.167. The van der Waals surface area contributed by atoms with Crippen molar-refractivity contribution in [3.8, 4) is 5.75 Å². The molecule has 0 atom stereocenters. The van der Waals surface area contributed by atoms with Crippen molar-refractivity contribution in [3.63, 3.8) is 0 Å². The molecule has 0 radical (unpaired) electrons. The molecule has 0 aliphatic heterocycles. The lowest BCUT2D eigenvalue weighted by Gasteiger charge is -2.14. The molecular formula is C19H22FNO3. The van der Waals surface area contributed by atoms with Crippen molar-refractivity contribution in [3.05, 3.63) is 58.9 Å². The monoisotopic (exact) mass is 331 g/mol. The van der Waals surface area contributed by atoms with Gasteiger partial charge < -0.3 is 9.47 Å². The molecule has 0 saturated heterocycles. The van der Waals surface area contributed by atoms with Gasteiger partial charge in [0.15, 0.2) is 0 Å². The Labute approximate surface area is 141 Å². The van der Waals surface area contributed by atoms with Crippen LogP contribution in [0.25, 0.3) is 0 Å². The summed E-state index contributed by atoms with van der Waals surface area (Å²) in [4.78, 5) is 11.6. The number of hydrogen-bond donors (Lipinski definition) is 1. The van der Waals surface area contributed by atoms with E-state index in [0.29, 0.717) is 5.56 Å². The number of aryl methyl sites for hydroxylation is 2. The van der Waals surface area contributed by atoms with Crippen LogP contribution in [0.4, 0.5) is 14.9 Å².